The molecule has 0 spiro atoms. The predicted octanol–water partition coefficient (Wildman–Crippen LogP) is 2.61. The molecule has 0 fully saturated rings. The molecule has 0 radical (unpaired) electrons. The molecule has 1 aliphatic carbocycles. The van der Waals surface area contributed by atoms with Gasteiger partial charge in [-0.2, -0.15) is 0 Å². The van der Waals surface area contributed by atoms with Crippen molar-refractivity contribution >= 4 is 0 Å². The van der Waals surface area contributed by atoms with E-state index < -0.39 is 0 Å². The van der Waals surface area contributed by atoms with Crippen LogP contribution in [0.5, 0.6) is 0 Å². The molecule has 0 bridgehead atoms. The van der Waals surface area contributed by atoms with E-state index in [1.165, 1.54) is 12.8 Å². The zero-order valence-electron chi connectivity index (χ0n) is 5.72. The third-order valence-corrected chi connectivity index (χ3v) is 1.84. The average molecular weight is 110 g/mol. The molecule has 0 amide bonds. The maximum Gasteiger partial charge on any atom is -0.00505 e. The molecule has 0 N–H and O–H groups in total. The highest BCUT2D eigenvalue weighted by atomic mass is 14.2. The molecule has 0 aromatic rings. The van der Waals surface area contributed by atoms with Crippen molar-refractivity contribution in [3.8, 4) is 0 Å². The van der Waals surface area contributed by atoms with Crippen LogP contribution in [0.2, 0.25) is 0 Å². The molecule has 0 heteroatoms. The highest BCUT2D eigenvalue weighted by Crippen LogP contribution is 2.25. The summed E-state index contributed by atoms with van der Waals surface area (Å²) in [5, 5.41) is 0. The fourth-order valence-corrected chi connectivity index (χ4v) is 0.867. The van der Waals surface area contributed by atoms with E-state index in [0.717, 1.165) is 11.8 Å². The molecule has 0 aliphatic heterocycles. The molecular formula is C8H14. The first-order valence-electron chi connectivity index (χ1n) is 3.51. The van der Waals surface area contributed by atoms with Gasteiger partial charge < -0.3 is 0 Å². The maximum atomic E-state index is 2.32. The van der Waals surface area contributed by atoms with Crippen LogP contribution in [0.3, 0.4) is 0 Å². The fraction of sp³-hybridized carbons (Fsp3) is 0.750. The second-order valence-corrected chi connectivity index (χ2v) is 2.80. The SMILES string of the molecule is CCC(C)CC1C=C1. The van der Waals surface area contributed by atoms with Crippen LogP contribution in [0.4, 0.5) is 0 Å². The van der Waals surface area contributed by atoms with Gasteiger partial charge in [0.15, 0.2) is 0 Å². The van der Waals surface area contributed by atoms with Gasteiger partial charge in [0.05, 0.1) is 0 Å². The standard InChI is InChI=1S/C8H14/c1-3-7(2)6-8-4-5-8/h4-5,7-8H,3,6H2,1-2H3. The van der Waals surface area contributed by atoms with Gasteiger partial charge in [-0.25, -0.2) is 0 Å². The Morgan fingerprint density at radius 1 is 1.50 bits per heavy atom. The average Bonchev–Trinajstić information content (AvgIpc) is 2.50. The van der Waals surface area contributed by atoms with Crippen LogP contribution >= 0.6 is 0 Å². The van der Waals surface area contributed by atoms with E-state index in [-0.39, 0.29) is 0 Å². The van der Waals surface area contributed by atoms with E-state index in [2.05, 4.69) is 26.0 Å². The van der Waals surface area contributed by atoms with Crippen molar-refractivity contribution in [2.24, 2.45) is 11.8 Å². The lowest BCUT2D eigenvalue weighted by Gasteiger charge is -2.04. The van der Waals surface area contributed by atoms with Crippen LogP contribution in [0.1, 0.15) is 26.7 Å². The monoisotopic (exact) mass is 110 g/mol. The Labute approximate surface area is 51.6 Å². The summed E-state index contributed by atoms with van der Waals surface area (Å²) in [6, 6.07) is 0. The summed E-state index contributed by atoms with van der Waals surface area (Å²) in [5.41, 5.74) is 0. The van der Waals surface area contributed by atoms with Gasteiger partial charge in [0.1, 0.15) is 0 Å². The second kappa shape index (κ2) is 2.34. The minimum atomic E-state index is 0.880. The van der Waals surface area contributed by atoms with Crippen LogP contribution in [-0.4, -0.2) is 0 Å². The smallest absolute Gasteiger partial charge is 0.00505 e. The molecule has 0 aromatic heterocycles. The van der Waals surface area contributed by atoms with Crippen molar-refractivity contribution in [3.63, 3.8) is 0 Å². The van der Waals surface area contributed by atoms with E-state index in [4.69, 9.17) is 0 Å². The van der Waals surface area contributed by atoms with Gasteiger partial charge in [0, 0.05) is 0 Å². The topological polar surface area (TPSA) is 0 Å². The molecular weight excluding hydrogens is 96.1 g/mol. The summed E-state index contributed by atoms with van der Waals surface area (Å²) >= 11 is 0. The van der Waals surface area contributed by atoms with Gasteiger partial charge in [-0.05, 0) is 18.3 Å². The lowest BCUT2D eigenvalue weighted by atomic mass is 10.0. The maximum absolute atomic E-state index is 2.32. The van der Waals surface area contributed by atoms with Crippen molar-refractivity contribution in [1.29, 1.82) is 0 Å². The molecule has 1 aliphatic rings. The Kier molecular flexibility index (Phi) is 1.72. The van der Waals surface area contributed by atoms with Gasteiger partial charge in [0.25, 0.3) is 0 Å². The first-order chi connectivity index (χ1) is 3.83. The molecule has 1 unspecified atom stereocenters. The van der Waals surface area contributed by atoms with Gasteiger partial charge in [-0.15, -0.1) is 0 Å². The lowest BCUT2D eigenvalue weighted by Crippen LogP contribution is -1.92. The van der Waals surface area contributed by atoms with E-state index in [9.17, 15) is 0 Å². The zero-order valence-corrected chi connectivity index (χ0v) is 5.72. The van der Waals surface area contributed by atoms with Crippen molar-refractivity contribution in [1.82, 2.24) is 0 Å². The summed E-state index contributed by atoms with van der Waals surface area (Å²) in [5.74, 6) is 1.81. The molecule has 1 rings (SSSR count). The van der Waals surface area contributed by atoms with E-state index in [1.54, 1.807) is 0 Å². The molecule has 0 saturated heterocycles. The fourth-order valence-electron chi connectivity index (χ4n) is 0.867. The first-order valence-corrected chi connectivity index (χ1v) is 3.51. The number of hydrogen-bond acceptors (Lipinski definition) is 0. The van der Waals surface area contributed by atoms with Gasteiger partial charge in [-0.3, -0.25) is 0 Å². The lowest BCUT2D eigenvalue weighted by molar-refractivity contribution is 0.498. The summed E-state index contributed by atoms with van der Waals surface area (Å²) in [6.45, 7) is 4.58. The predicted molar refractivity (Wildman–Crippen MR) is 36.7 cm³/mol. The second-order valence-electron chi connectivity index (χ2n) is 2.80. The summed E-state index contributed by atoms with van der Waals surface area (Å²) < 4.78 is 0. The molecule has 0 nitrogen and oxygen atoms in total. The minimum absolute atomic E-state index is 0.880. The Balaban J connectivity index is 1.99. The van der Waals surface area contributed by atoms with E-state index in [0.29, 0.717) is 0 Å². The number of allylic oxidation sites excluding steroid dienone is 2. The molecule has 8 heavy (non-hydrogen) atoms. The highest BCUT2D eigenvalue weighted by Gasteiger charge is 2.12. The van der Waals surface area contributed by atoms with Gasteiger partial charge >= 0.3 is 0 Å². The third-order valence-electron chi connectivity index (χ3n) is 1.84. The van der Waals surface area contributed by atoms with E-state index >= 15 is 0 Å². The third kappa shape index (κ3) is 1.69. The first kappa shape index (κ1) is 5.87. The highest BCUT2D eigenvalue weighted by molar-refractivity contribution is 5.13. The van der Waals surface area contributed by atoms with Crippen LogP contribution in [0.25, 0.3) is 0 Å². The molecule has 0 aromatic carbocycles. The Morgan fingerprint density at radius 3 is 2.50 bits per heavy atom. The normalized spacial score (nSPS) is 21.2. The minimum Gasteiger partial charge on any atom is -0.0810 e. The van der Waals surface area contributed by atoms with Crippen LogP contribution in [0, 0.1) is 11.8 Å². The zero-order chi connectivity index (χ0) is 5.98. The number of rotatable bonds is 3. The Morgan fingerprint density at radius 2 is 2.12 bits per heavy atom. The summed E-state index contributed by atoms with van der Waals surface area (Å²) in [7, 11) is 0. The quantitative estimate of drug-likeness (QED) is 0.490. The van der Waals surface area contributed by atoms with Crippen molar-refractivity contribution in [2.45, 2.75) is 26.7 Å². The van der Waals surface area contributed by atoms with Crippen molar-refractivity contribution in [2.75, 3.05) is 0 Å². The molecule has 46 valence electrons. The van der Waals surface area contributed by atoms with Crippen LogP contribution in [0.15, 0.2) is 12.2 Å². The van der Waals surface area contributed by atoms with Crippen LogP contribution < -0.4 is 0 Å². The van der Waals surface area contributed by atoms with Gasteiger partial charge in [-0.1, -0.05) is 32.4 Å². The van der Waals surface area contributed by atoms with Gasteiger partial charge in [0.2, 0.25) is 0 Å². The summed E-state index contributed by atoms with van der Waals surface area (Å²) in [6.07, 6.45) is 7.28. The van der Waals surface area contributed by atoms with E-state index in [1.807, 2.05) is 0 Å². The molecule has 0 heterocycles. The largest absolute Gasteiger partial charge is 0.0810 e. The van der Waals surface area contributed by atoms with Crippen molar-refractivity contribution in [3.05, 3.63) is 12.2 Å². The molecule has 1 atom stereocenters. The summed E-state index contributed by atoms with van der Waals surface area (Å²) in [4.78, 5) is 0. The van der Waals surface area contributed by atoms with Crippen LogP contribution in [-0.2, 0) is 0 Å². The Bertz CT molecular complexity index is 86.2. The Hall–Kier alpha value is -0.260. The number of hydrogen-bond donors (Lipinski definition) is 0. The van der Waals surface area contributed by atoms with Crippen molar-refractivity contribution < 1.29 is 0 Å². The molecule has 0 saturated carbocycles.